The predicted molar refractivity (Wildman–Crippen MR) is 139 cm³/mol. The van der Waals surface area contributed by atoms with Gasteiger partial charge in [-0.3, -0.25) is 9.59 Å². The molecule has 1 aromatic heterocycles. The van der Waals surface area contributed by atoms with E-state index in [0.717, 1.165) is 5.56 Å². The number of benzene rings is 2. The average Bonchev–Trinajstić information content (AvgIpc) is 3.26. The molecule has 9 nitrogen and oxygen atoms in total. The Kier molecular flexibility index (Phi) is 9.98. The van der Waals surface area contributed by atoms with E-state index in [0.29, 0.717) is 24.3 Å². The van der Waals surface area contributed by atoms with Gasteiger partial charge in [-0.2, -0.15) is 5.10 Å². The molecule has 1 heterocycles. The lowest BCUT2D eigenvalue weighted by molar-refractivity contribution is -0.139. The smallest absolute Gasteiger partial charge is 0.305 e. The van der Waals surface area contributed by atoms with Crippen LogP contribution in [-0.2, 0) is 11.3 Å². The van der Waals surface area contributed by atoms with Crippen LogP contribution >= 0.6 is 0 Å². The van der Waals surface area contributed by atoms with Crippen LogP contribution < -0.4 is 4.74 Å². The number of carboxylic acids is 1. The summed E-state index contributed by atoms with van der Waals surface area (Å²) in [5.41, 5.74) is 2.11. The Morgan fingerprint density at radius 3 is 2.29 bits per heavy atom. The van der Waals surface area contributed by atoms with Crippen LogP contribution in [0.25, 0.3) is 5.69 Å². The van der Waals surface area contributed by atoms with Gasteiger partial charge < -0.3 is 25.0 Å². The van der Waals surface area contributed by atoms with Gasteiger partial charge >= 0.3 is 5.97 Å². The zero-order valence-electron chi connectivity index (χ0n) is 21.7. The molecule has 2 aromatic carbocycles. The van der Waals surface area contributed by atoms with Crippen molar-refractivity contribution in [1.29, 1.82) is 0 Å². The average molecular weight is 528 g/mol. The maximum atomic E-state index is 13.7. The van der Waals surface area contributed by atoms with E-state index < -0.39 is 30.4 Å². The second-order valence-electron chi connectivity index (χ2n) is 9.37. The first-order chi connectivity index (χ1) is 18.1. The van der Waals surface area contributed by atoms with Gasteiger partial charge in [0.15, 0.2) is 5.69 Å². The molecule has 1 amide bonds. The number of rotatable bonds is 13. The van der Waals surface area contributed by atoms with Gasteiger partial charge in [0, 0.05) is 25.1 Å². The maximum absolute atomic E-state index is 13.7. The van der Waals surface area contributed by atoms with Gasteiger partial charge in [-0.25, -0.2) is 9.07 Å². The van der Waals surface area contributed by atoms with E-state index in [2.05, 4.69) is 5.10 Å². The molecule has 0 spiro atoms. The quantitative estimate of drug-likeness (QED) is 0.309. The van der Waals surface area contributed by atoms with Crippen molar-refractivity contribution < 1.29 is 34.0 Å². The van der Waals surface area contributed by atoms with Gasteiger partial charge in [-0.1, -0.05) is 44.2 Å². The van der Waals surface area contributed by atoms with Crippen molar-refractivity contribution >= 4 is 11.9 Å². The van der Waals surface area contributed by atoms with Crippen molar-refractivity contribution in [2.45, 2.75) is 58.3 Å². The number of nitrogens with zero attached hydrogens (tertiary/aromatic N) is 3. The molecule has 0 aliphatic rings. The normalized spacial score (nSPS) is 12.8. The molecular formula is C28H34FN3O6. The number of carboxylic acid groups (broad SMARTS) is 1. The Morgan fingerprint density at radius 1 is 1.05 bits per heavy atom. The maximum Gasteiger partial charge on any atom is 0.305 e. The molecule has 0 saturated carbocycles. The topological polar surface area (TPSA) is 125 Å². The summed E-state index contributed by atoms with van der Waals surface area (Å²) in [6, 6.07) is 15.1. The summed E-state index contributed by atoms with van der Waals surface area (Å²) in [4.78, 5) is 26.2. The van der Waals surface area contributed by atoms with Crippen molar-refractivity contribution in [1.82, 2.24) is 14.7 Å². The molecule has 0 saturated heterocycles. The predicted octanol–water partition coefficient (Wildman–Crippen LogP) is 3.76. The van der Waals surface area contributed by atoms with Gasteiger partial charge in [0.1, 0.15) is 12.4 Å². The fourth-order valence-corrected chi connectivity index (χ4v) is 4.11. The van der Waals surface area contributed by atoms with E-state index in [1.165, 1.54) is 28.9 Å². The van der Waals surface area contributed by atoms with Crippen LogP contribution in [0, 0.1) is 5.82 Å². The third kappa shape index (κ3) is 7.39. The van der Waals surface area contributed by atoms with Crippen LogP contribution in [0.15, 0.2) is 54.6 Å². The highest BCUT2D eigenvalue weighted by atomic mass is 19.1. The molecule has 0 aliphatic carbocycles. The number of amides is 1. The van der Waals surface area contributed by atoms with E-state index in [9.17, 15) is 24.2 Å². The van der Waals surface area contributed by atoms with Crippen LogP contribution in [-0.4, -0.2) is 67.2 Å². The molecule has 0 bridgehead atoms. The number of halogens is 1. The molecule has 0 fully saturated rings. The second-order valence-corrected chi connectivity index (χ2v) is 9.37. The highest BCUT2D eigenvalue weighted by molar-refractivity contribution is 5.94. The SMILES string of the molecule is CCN(Cc1ccccc1)C(=O)c1nn(-c2ccc(F)cc2)c(OC[C@@H](O)C[C@@H](O)CC(=O)O)c1C(C)C. The molecule has 10 heteroatoms. The van der Waals surface area contributed by atoms with Gasteiger partial charge in [0.2, 0.25) is 5.88 Å². The summed E-state index contributed by atoms with van der Waals surface area (Å²) in [6.45, 7) is 6.19. The number of hydrogen-bond acceptors (Lipinski definition) is 6. The van der Waals surface area contributed by atoms with Crippen LogP contribution in [0.2, 0.25) is 0 Å². The standard InChI is InChI=1S/C28H34FN3O6/c1-4-31(16-19-8-6-5-7-9-19)27(37)26-25(18(2)3)28(32(30-26)21-12-10-20(29)11-13-21)38-17-23(34)14-22(33)15-24(35)36/h5-13,18,22-23,33-34H,4,14-17H2,1-3H3,(H,35,36)/t22-,23+/m1/s1. The monoisotopic (exact) mass is 527 g/mol. The lowest BCUT2D eigenvalue weighted by Crippen LogP contribution is -2.31. The number of ether oxygens (including phenoxy) is 1. The van der Waals surface area contributed by atoms with E-state index in [-0.39, 0.29) is 36.4 Å². The van der Waals surface area contributed by atoms with Crippen molar-refractivity contribution in [3.8, 4) is 11.6 Å². The van der Waals surface area contributed by atoms with Crippen LogP contribution in [0.3, 0.4) is 0 Å². The molecule has 3 N–H and O–H groups in total. The van der Waals surface area contributed by atoms with Gasteiger partial charge in [-0.15, -0.1) is 0 Å². The first-order valence-corrected chi connectivity index (χ1v) is 12.5. The first kappa shape index (κ1) is 28.8. The molecular weight excluding hydrogens is 493 g/mol. The molecule has 2 atom stereocenters. The number of carbonyl (C=O) groups is 2. The number of carbonyl (C=O) groups excluding carboxylic acids is 1. The molecule has 3 aromatic rings. The first-order valence-electron chi connectivity index (χ1n) is 12.5. The lowest BCUT2D eigenvalue weighted by Gasteiger charge is -2.21. The summed E-state index contributed by atoms with van der Waals surface area (Å²) in [6.07, 6.45) is -3.13. The lowest BCUT2D eigenvalue weighted by atomic mass is 10.0. The highest BCUT2D eigenvalue weighted by Crippen LogP contribution is 2.34. The zero-order chi connectivity index (χ0) is 27.8. The summed E-state index contributed by atoms with van der Waals surface area (Å²) >= 11 is 0. The summed E-state index contributed by atoms with van der Waals surface area (Å²) in [5.74, 6) is -1.92. The Bertz CT molecular complexity index is 1210. The Labute approximate surface area is 221 Å². The number of aliphatic hydroxyl groups excluding tert-OH is 2. The van der Waals surface area contributed by atoms with Crippen LogP contribution in [0.4, 0.5) is 4.39 Å². The molecule has 3 rings (SSSR count). The minimum atomic E-state index is -1.24. The zero-order valence-corrected chi connectivity index (χ0v) is 21.7. The van der Waals surface area contributed by atoms with Crippen molar-refractivity contribution in [2.24, 2.45) is 0 Å². The van der Waals surface area contributed by atoms with Gasteiger partial charge in [0.25, 0.3) is 5.91 Å². The molecule has 204 valence electrons. The van der Waals surface area contributed by atoms with E-state index >= 15 is 0 Å². The fraction of sp³-hybridized carbons (Fsp3) is 0.393. The summed E-state index contributed by atoms with van der Waals surface area (Å²) in [7, 11) is 0. The van der Waals surface area contributed by atoms with E-state index in [4.69, 9.17) is 9.84 Å². The fourth-order valence-electron chi connectivity index (χ4n) is 4.11. The van der Waals surface area contributed by atoms with Crippen LogP contribution in [0.5, 0.6) is 5.88 Å². The molecule has 0 aliphatic heterocycles. The minimum Gasteiger partial charge on any atom is -0.481 e. The number of aliphatic hydroxyl groups is 2. The minimum absolute atomic E-state index is 0.178. The summed E-state index contributed by atoms with van der Waals surface area (Å²) < 4.78 is 21.0. The van der Waals surface area contributed by atoms with Crippen molar-refractivity contribution in [2.75, 3.05) is 13.2 Å². The number of aliphatic carboxylic acids is 1. The Hall–Kier alpha value is -3.76. The van der Waals surface area contributed by atoms with E-state index in [1.807, 2.05) is 51.1 Å². The van der Waals surface area contributed by atoms with Crippen molar-refractivity contribution in [3.05, 3.63) is 77.2 Å². The van der Waals surface area contributed by atoms with Gasteiger partial charge in [-0.05, 0) is 42.7 Å². The third-order valence-electron chi connectivity index (χ3n) is 5.98. The number of aromatic nitrogens is 2. The highest BCUT2D eigenvalue weighted by Gasteiger charge is 2.30. The van der Waals surface area contributed by atoms with Gasteiger partial charge in [0.05, 0.1) is 24.3 Å². The molecule has 0 unspecified atom stereocenters. The molecule has 38 heavy (non-hydrogen) atoms. The second kappa shape index (κ2) is 13.2. The van der Waals surface area contributed by atoms with Crippen LogP contribution in [0.1, 0.15) is 61.1 Å². The van der Waals surface area contributed by atoms with E-state index in [1.54, 1.807) is 4.90 Å². The largest absolute Gasteiger partial charge is 0.481 e. The third-order valence-corrected chi connectivity index (χ3v) is 5.98. The van der Waals surface area contributed by atoms with Crippen molar-refractivity contribution in [3.63, 3.8) is 0 Å². The molecule has 0 radical (unpaired) electrons. The Balaban J connectivity index is 1.98. The number of hydrogen-bond donors (Lipinski definition) is 3. The summed E-state index contributed by atoms with van der Waals surface area (Å²) in [5, 5.41) is 33.7. The Morgan fingerprint density at radius 2 is 1.71 bits per heavy atom.